The summed E-state index contributed by atoms with van der Waals surface area (Å²) in [6, 6.07) is 5.63. The molecule has 1 aromatic carbocycles. The first-order valence-electron chi connectivity index (χ1n) is 3.41. The SMILES string of the molecule is O=S(O)Oc1ccccc1OS(=O)(=O)I. The van der Waals surface area contributed by atoms with Crippen LogP contribution in [0.25, 0.3) is 0 Å². The lowest BCUT2D eigenvalue weighted by Gasteiger charge is -2.06. The smallest absolute Gasteiger partial charge is 0.364 e. The van der Waals surface area contributed by atoms with E-state index in [4.69, 9.17) is 4.55 Å². The number of para-hydroxylation sites is 2. The van der Waals surface area contributed by atoms with E-state index < -0.39 is 18.7 Å². The first-order chi connectivity index (χ1) is 6.88. The molecule has 1 aromatic rings. The van der Waals surface area contributed by atoms with E-state index in [1.165, 1.54) is 24.3 Å². The lowest BCUT2D eigenvalue weighted by atomic mass is 10.3. The topological polar surface area (TPSA) is 89.9 Å². The summed E-state index contributed by atoms with van der Waals surface area (Å²) in [6.45, 7) is 0. The Kier molecular flexibility index (Phi) is 4.31. The summed E-state index contributed by atoms with van der Waals surface area (Å²) in [5.41, 5.74) is 0. The molecule has 0 aliphatic carbocycles. The number of rotatable bonds is 4. The highest BCUT2D eigenvalue weighted by atomic mass is 127. The van der Waals surface area contributed by atoms with Crippen LogP contribution in [0.1, 0.15) is 0 Å². The van der Waals surface area contributed by atoms with Crippen LogP contribution in [0, 0.1) is 0 Å². The predicted octanol–water partition coefficient (Wildman–Crippen LogP) is 1.26. The van der Waals surface area contributed by atoms with Crippen LogP contribution in [0.15, 0.2) is 24.3 Å². The van der Waals surface area contributed by atoms with Crippen molar-refractivity contribution in [1.29, 1.82) is 0 Å². The molecule has 84 valence electrons. The molecule has 0 fully saturated rings. The zero-order valence-corrected chi connectivity index (χ0v) is 10.8. The molecular formula is C6H5IO6S2. The molecule has 6 nitrogen and oxygen atoms in total. The third-order valence-corrected chi connectivity index (χ3v) is 2.44. The molecule has 0 aliphatic rings. The summed E-state index contributed by atoms with van der Waals surface area (Å²) in [6.07, 6.45) is 0. The lowest BCUT2D eigenvalue weighted by molar-refractivity contribution is 0.440. The molecule has 1 atom stereocenters. The molecule has 0 aliphatic heterocycles. The highest BCUT2D eigenvalue weighted by Gasteiger charge is 2.13. The van der Waals surface area contributed by atoms with Crippen molar-refractivity contribution in [3.8, 4) is 11.5 Å². The summed E-state index contributed by atoms with van der Waals surface area (Å²) < 4.78 is 49.4. The average Bonchev–Trinajstić information content (AvgIpc) is 2.05. The van der Waals surface area contributed by atoms with Crippen LogP contribution in [-0.2, 0) is 18.7 Å². The number of hydrogen-bond donors (Lipinski definition) is 1. The molecule has 0 heterocycles. The summed E-state index contributed by atoms with van der Waals surface area (Å²) in [7, 11) is -3.73. The molecule has 1 rings (SSSR count). The number of hydrogen-bond acceptors (Lipinski definition) is 5. The van der Waals surface area contributed by atoms with E-state index in [0.29, 0.717) is 0 Å². The Morgan fingerprint density at radius 1 is 1.27 bits per heavy atom. The van der Waals surface area contributed by atoms with Gasteiger partial charge < -0.3 is 8.37 Å². The van der Waals surface area contributed by atoms with Crippen molar-refractivity contribution in [2.75, 3.05) is 0 Å². The molecule has 1 N–H and O–H groups in total. The van der Waals surface area contributed by atoms with Gasteiger partial charge in [0.25, 0.3) is 0 Å². The standard InChI is InChI=1S/C6H5IO6S2/c7-15(10,11)13-6-4-2-1-3-5(6)12-14(8)9/h1-4H,(H,8,9). The lowest BCUT2D eigenvalue weighted by Crippen LogP contribution is -2.03. The Hall–Kier alpha value is -0.390. The Labute approximate surface area is 101 Å². The van der Waals surface area contributed by atoms with E-state index in [9.17, 15) is 12.6 Å². The van der Waals surface area contributed by atoms with Crippen molar-refractivity contribution in [1.82, 2.24) is 0 Å². The Morgan fingerprint density at radius 2 is 1.80 bits per heavy atom. The number of halogens is 1. The molecule has 9 heteroatoms. The summed E-state index contributed by atoms with van der Waals surface area (Å²) in [5.74, 6) is -0.270. The maximum atomic E-state index is 10.8. The summed E-state index contributed by atoms with van der Waals surface area (Å²) in [4.78, 5) is 0. The van der Waals surface area contributed by atoms with Gasteiger partial charge in [0.1, 0.15) is 21.2 Å². The third kappa shape index (κ3) is 4.77. The highest BCUT2D eigenvalue weighted by molar-refractivity contribution is 14.2. The minimum absolute atomic E-state index is 0.126. The van der Waals surface area contributed by atoms with E-state index in [1.54, 1.807) is 0 Å². The monoisotopic (exact) mass is 364 g/mol. The van der Waals surface area contributed by atoms with Crippen LogP contribution in [0.5, 0.6) is 11.5 Å². The minimum Gasteiger partial charge on any atom is -0.376 e. The molecule has 0 radical (unpaired) electrons. The Balaban J connectivity index is 3.01. The fourth-order valence-electron chi connectivity index (χ4n) is 0.772. The van der Waals surface area contributed by atoms with Gasteiger partial charge in [-0.2, -0.15) is 12.6 Å². The second-order valence-electron chi connectivity index (χ2n) is 2.22. The maximum Gasteiger partial charge on any atom is 0.364 e. The van der Waals surface area contributed by atoms with Crippen molar-refractivity contribution in [2.45, 2.75) is 0 Å². The van der Waals surface area contributed by atoms with Crippen LogP contribution in [-0.4, -0.2) is 17.2 Å². The summed E-state index contributed by atoms with van der Waals surface area (Å²) in [5, 5.41) is 0. The predicted molar refractivity (Wildman–Crippen MR) is 61.4 cm³/mol. The van der Waals surface area contributed by atoms with Gasteiger partial charge in [-0.05, 0) is 12.1 Å². The van der Waals surface area contributed by atoms with Gasteiger partial charge in [-0.3, -0.25) is 4.55 Å². The van der Waals surface area contributed by atoms with E-state index in [0.717, 1.165) is 21.2 Å². The highest BCUT2D eigenvalue weighted by Crippen LogP contribution is 2.29. The van der Waals surface area contributed by atoms with Crippen molar-refractivity contribution in [3.63, 3.8) is 0 Å². The van der Waals surface area contributed by atoms with Crippen molar-refractivity contribution < 1.29 is 25.5 Å². The van der Waals surface area contributed by atoms with E-state index >= 15 is 0 Å². The van der Waals surface area contributed by atoms with E-state index in [2.05, 4.69) is 8.37 Å². The first kappa shape index (κ1) is 12.7. The second-order valence-corrected chi connectivity index (χ2v) is 7.01. The van der Waals surface area contributed by atoms with Crippen molar-refractivity contribution in [3.05, 3.63) is 24.3 Å². The van der Waals surface area contributed by atoms with Gasteiger partial charge in [0, 0.05) is 0 Å². The van der Waals surface area contributed by atoms with Crippen molar-refractivity contribution in [2.24, 2.45) is 0 Å². The molecule has 0 saturated heterocycles. The Bertz CT molecular complexity index is 470. The van der Waals surface area contributed by atoms with Gasteiger partial charge in [-0.1, -0.05) is 12.1 Å². The zero-order chi connectivity index (χ0) is 11.5. The summed E-state index contributed by atoms with van der Waals surface area (Å²) >= 11 is -1.45. The fourth-order valence-corrected chi connectivity index (χ4v) is 2.00. The van der Waals surface area contributed by atoms with Gasteiger partial charge in [-0.15, -0.1) is 0 Å². The van der Waals surface area contributed by atoms with Gasteiger partial charge in [-0.25, -0.2) is 0 Å². The average molecular weight is 364 g/mol. The second kappa shape index (κ2) is 5.09. The third-order valence-electron chi connectivity index (χ3n) is 1.20. The molecule has 0 bridgehead atoms. The zero-order valence-electron chi connectivity index (χ0n) is 6.99. The first-order valence-corrected chi connectivity index (χ1v) is 8.39. The molecule has 0 spiro atoms. The molecule has 0 aromatic heterocycles. The van der Waals surface area contributed by atoms with E-state index in [-0.39, 0.29) is 11.5 Å². The molecule has 0 amide bonds. The van der Waals surface area contributed by atoms with Gasteiger partial charge in [0.2, 0.25) is 0 Å². The van der Waals surface area contributed by atoms with Gasteiger partial charge >= 0.3 is 18.7 Å². The van der Waals surface area contributed by atoms with Crippen LogP contribution in [0.2, 0.25) is 0 Å². The van der Waals surface area contributed by atoms with Gasteiger partial charge in [0.15, 0.2) is 11.5 Å². The minimum atomic E-state index is -3.73. The molecule has 15 heavy (non-hydrogen) atoms. The van der Waals surface area contributed by atoms with Crippen molar-refractivity contribution >= 4 is 39.9 Å². The number of benzene rings is 1. The van der Waals surface area contributed by atoms with Crippen LogP contribution >= 0.6 is 21.2 Å². The van der Waals surface area contributed by atoms with Crippen LogP contribution in [0.4, 0.5) is 0 Å². The quantitative estimate of drug-likeness (QED) is 0.492. The molecule has 0 saturated carbocycles. The van der Waals surface area contributed by atoms with Crippen LogP contribution in [0.3, 0.4) is 0 Å². The molecular weight excluding hydrogens is 359 g/mol. The van der Waals surface area contributed by atoms with Gasteiger partial charge in [0.05, 0.1) is 0 Å². The molecule has 1 unspecified atom stereocenters. The van der Waals surface area contributed by atoms with Crippen LogP contribution < -0.4 is 8.37 Å². The Morgan fingerprint density at radius 3 is 2.27 bits per heavy atom. The largest absolute Gasteiger partial charge is 0.376 e. The van der Waals surface area contributed by atoms with E-state index in [1.807, 2.05) is 0 Å². The maximum absolute atomic E-state index is 10.8. The fraction of sp³-hybridized carbons (Fsp3) is 0. The normalized spacial score (nSPS) is 13.2.